The quantitative estimate of drug-likeness (QED) is 0.287. The standard InChI is InChI=1S/C29H29NO6/c1-29(2,3)22-15-18(11-14-23(22)36-5)26(32)24-25(17-9-12-20(31)13-10-17)30(28(34)27(24)33)19-7-6-8-21(16-19)35-4/h6-16,25,31-32H,1-5H3/b26-24-. The number of aliphatic hydroxyl groups excluding tert-OH is 1. The van der Waals surface area contributed by atoms with E-state index < -0.39 is 17.7 Å². The van der Waals surface area contributed by atoms with Crippen LogP contribution in [0.25, 0.3) is 5.76 Å². The molecule has 0 spiro atoms. The Kier molecular flexibility index (Phi) is 6.50. The second-order valence-electron chi connectivity index (χ2n) is 9.63. The Hall–Kier alpha value is -4.26. The molecule has 4 rings (SSSR count). The van der Waals surface area contributed by atoms with E-state index in [1.54, 1.807) is 61.7 Å². The maximum Gasteiger partial charge on any atom is 0.300 e. The number of methoxy groups -OCH3 is 2. The lowest BCUT2D eigenvalue weighted by atomic mass is 9.84. The Labute approximate surface area is 210 Å². The van der Waals surface area contributed by atoms with Gasteiger partial charge in [0.05, 0.1) is 25.8 Å². The van der Waals surface area contributed by atoms with Gasteiger partial charge >= 0.3 is 0 Å². The summed E-state index contributed by atoms with van der Waals surface area (Å²) < 4.78 is 10.8. The molecule has 0 aliphatic carbocycles. The number of amides is 1. The number of hydrogen-bond donors (Lipinski definition) is 2. The first-order valence-corrected chi connectivity index (χ1v) is 11.5. The first-order valence-electron chi connectivity index (χ1n) is 11.5. The smallest absolute Gasteiger partial charge is 0.300 e. The number of anilines is 1. The Balaban J connectivity index is 1.96. The van der Waals surface area contributed by atoms with Crippen LogP contribution in [-0.2, 0) is 15.0 Å². The Bertz CT molecular complexity index is 1350. The molecule has 1 heterocycles. The van der Waals surface area contributed by atoms with E-state index in [9.17, 15) is 19.8 Å². The van der Waals surface area contributed by atoms with Gasteiger partial charge in [-0.05, 0) is 53.4 Å². The molecule has 1 aliphatic heterocycles. The van der Waals surface area contributed by atoms with Crippen molar-refractivity contribution in [2.24, 2.45) is 0 Å². The number of phenolic OH excluding ortho intramolecular Hbond substituents is 1. The van der Waals surface area contributed by atoms with Gasteiger partial charge in [0.15, 0.2) is 0 Å². The molecule has 3 aromatic rings. The first kappa shape index (κ1) is 24.9. The van der Waals surface area contributed by atoms with Crippen LogP contribution in [0.4, 0.5) is 5.69 Å². The lowest BCUT2D eigenvalue weighted by Crippen LogP contribution is -2.29. The van der Waals surface area contributed by atoms with Crippen molar-refractivity contribution in [2.45, 2.75) is 32.2 Å². The summed E-state index contributed by atoms with van der Waals surface area (Å²) in [6.45, 7) is 6.06. The van der Waals surface area contributed by atoms with Crippen molar-refractivity contribution in [3.05, 3.63) is 89.0 Å². The maximum absolute atomic E-state index is 13.4. The van der Waals surface area contributed by atoms with Gasteiger partial charge in [0.2, 0.25) is 0 Å². The highest BCUT2D eigenvalue weighted by molar-refractivity contribution is 6.51. The van der Waals surface area contributed by atoms with Crippen molar-refractivity contribution >= 4 is 23.1 Å². The highest BCUT2D eigenvalue weighted by atomic mass is 16.5. The molecule has 0 saturated carbocycles. The van der Waals surface area contributed by atoms with Gasteiger partial charge < -0.3 is 19.7 Å². The largest absolute Gasteiger partial charge is 0.508 e. The highest BCUT2D eigenvalue weighted by Gasteiger charge is 2.47. The summed E-state index contributed by atoms with van der Waals surface area (Å²) in [6.07, 6.45) is 0. The summed E-state index contributed by atoms with van der Waals surface area (Å²) >= 11 is 0. The topological polar surface area (TPSA) is 96.3 Å². The molecule has 2 N–H and O–H groups in total. The van der Waals surface area contributed by atoms with E-state index in [-0.39, 0.29) is 22.5 Å². The van der Waals surface area contributed by atoms with E-state index in [1.165, 1.54) is 24.1 Å². The van der Waals surface area contributed by atoms with Crippen LogP contribution in [0.2, 0.25) is 0 Å². The zero-order valence-electron chi connectivity index (χ0n) is 20.9. The molecule has 1 atom stereocenters. The number of nitrogens with zero attached hydrogens (tertiary/aromatic N) is 1. The summed E-state index contributed by atoms with van der Waals surface area (Å²) in [5, 5.41) is 21.3. The summed E-state index contributed by atoms with van der Waals surface area (Å²) in [5.41, 5.74) is 1.90. The number of rotatable bonds is 5. The zero-order chi connectivity index (χ0) is 26.2. The van der Waals surface area contributed by atoms with Crippen molar-refractivity contribution < 1.29 is 29.3 Å². The maximum atomic E-state index is 13.4. The van der Waals surface area contributed by atoms with Crippen LogP contribution in [0, 0.1) is 0 Å². The van der Waals surface area contributed by atoms with Crippen molar-refractivity contribution in [2.75, 3.05) is 19.1 Å². The number of ketones is 1. The minimum absolute atomic E-state index is 0.0430. The molecule has 0 aromatic heterocycles. The zero-order valence-corrected chi connectivity index (χ0v) is 20.9. The summed E-state index contributed by atoms with van der Waals surface area (Å²) in [7, 11) is 3.09. The fourth-order valence-electron chi connectivity index (χ4n) is 4.43. The molecule has 0 radical (unpaired) electrons. The molecule has 1 unspecified atom stereocenters. The van der Waals surface area contributed by atoms with Crippen LogP contribution < -0.4 is 14.4 Å². The van der Waals surface area contributed by atoms with Crippen LogP contribution in [-0.4, -0.2) is 36.1 Å². The van der Waals surface area contributed by atoms with Crippen molar-refractivity contribution in [1.82, 2.24) is 0 Å². The molecular formula is C29H29NO6. The van der Waals surface area contributed by atoms with E-state index in [4.69, 9.17) is 9.47 Å². The number of carbonyl (C=O) groups is 2. The van der Waals surface area contributed by atoms with Gasteiger partial charge in [-0.2, -0.15) is 0 Å². The number of benzene rings is 3. The van der Waals surface area contributed by atoms with Gasteiger partial charge in [0.25, 0.3) is 11.7 Å². The van der Waals surface area contributed by atoms with E-state index in [0.717, 1.165) is 5.56 Å². The van der Waals surface area contributed by atoms with Crippen molar-refractivity contribution in [3.8, 4) is 17.2 Å². The minimum atomic E-state index is -0.919. The molecule has 186 valence electrons. The van der Waals surface area contributed by atoms with Gasteiger partial charge in [-0.25, -0.2) is 0 Å². The van der Waals surface area contributed by atoms with E-state index in [1.807, 2.05) is 20.8 Å². The SMILES string of the molecule is COc1cccc(N2C(=O)C(=O)/C(=C(\O)c3ccc(OC)c(C(C)(C)C)c3)C2c2ccc(O)cc2)c1. The van der Waals surface area contributed by atoms with Gasteiger partial charge in [-0.1, -0.05) is 39.0 Å². The van der Waals surface area contributed by atoms with Gasteiger partial charge in [-0.3, -0.25) is 14.5 Å². The number of phenols is 1. The van der Waals surface area contributed by atoms with Crippen LogP contribution in [0.3, 0.4) is 0 Å². The van der Waals surface area contributed by atoms with Crippen molar-refractivity contribution in [1.29, 1.82) is 0 Å². The summed E-state index contributed by atoms with van der Waals surface area (Å²) in [4.78, 5) is 28.1. The number of carbonyl (C=O) groups excluding carboxylic acids is 2. The lowest BCUT2D eigenvalue weighted by molar-refractivity contribution is -0.132. The van der Waals surface area contributed by atoms with Gasteiger partial charge in [0, 0.05) is 22.9 Å². The number of aliphatic hydroxyl groups is 1. The van der Waals surface area contributed by atoms with Crippen LogP contribution >= 0.6 is 0 Å². The van der Waals surface area contributed by atoms with Gasteiger partial charge in [-0.15, -0.1) is 0 Å². The Morgan fingerprint density at radius 3 is 2.22 bits per heavy atom. The third kappa shape index (κ3) is 4.40. The van der Waals surface area contributed by atoms with E-state index in [0.29, 0.717) is 28.3 Å². The fraction of sp³-hybridized carbons (Fsp3) is 0.241. The van der Waals surface area contributed by atoms with Gasteiger partial charge in [0.1, 0.15) is 23.0 Å². The molecule has 3 aromatic carbocycles. The van der Waals surface area contributed by atoms with Crippen molar-refractivity contribution in [3.63, 3.8) is 0 Å². The van der Waals surface area contributed by atoms with E-state index >= 15 is 0 Å². The molecule has 1 amide bonds. The molecule has 7 nitrogen and oxygen atoms in total. The third-order valence-electron chi connectivity index (χ3n) is 6.27. The van der Waals surface area contributed by atoms with E-state index in [2.05, 4.69) is 0 Å². The molecule has 0 bridgehead atoms. The number of Topliss-reactive ketones (excluding diaryl/α,β-unsaturated/α-hetero) is 1. The number of ether oxygens (including phenoxy) is 2. The Morgan fingerprint density at radius 2 is 1.61 bits per heavy atom. The molecule has 1 fully saturated rings. The number of aromatic hydroxyl groups is 1. The summed E-state index contributed by atoms with van der Waals surface area (Å²) in [5.74, 6) is -0.643. The lowest BCUT2D eigenvalue weighted by Gasteiger charge is -2.26. The third-order valence-corrected chi connectivity index (χ3v) is 6.27. The molecule has 36 heavy (non-hydrogen) atoms. The second-order valence-corrected chi connectivity index (χ2v) is 9.63. The predicted octanol–water partition coefficient (Wildman–Crippen LogP) is 5.33. The molecular weight excluding hydrogens is 458 g/mol. The molecule has 7 heteroatoms. The van der Waals surface area contributed by atoms with Crippen LogP contribution in [0.1, 0.15) is 43.5 Å². The average Bonchev–Trinajstić information content (AvgIpc) is 3.13. The normalized spacial score (nSPS) is 17.4. The summed E-state index contributed by atoms with van der Waals surface area (Å²) in [6, 6.07) is 17.3. The second kappa shape index (κ2) is 9.41. The minimum Gasteiger partial charge on any atom is -0.508 e. The highest BCUT2D eigenvalue weighted by Crippen LogP contribution is 2.44. The van der Waals surface area contributed by atoms with Crippen LogP contribution in [0.15, 0.2) is 72.3 Å². The predicted molar refractivity (Wildman–Crippen MR) is 138 cm³/mol. The monoisotopic (exact) mass is 487 g/mol. The average molecular weight is 488 g/mol. The Morgan fingerprint density at radius 1 is 0.917 bits per heavy atom. The van der Waals surface area contributed by atoms with Crippen LogP contribution in [0.5, 0.6) is 17.2 Å². The number of hydrogen-bond acceptors (Lipinski definition) is 6. The fourth-order valence-corrected chi connectivity index (χ4v) is 4.43. The molecule has 1 saturated heterocycles. The first-order chi connectivity index (χ1) is 17.1. The molecule has 1 aliphatic rings.